The van der Waals surface area contributed by atoms with Crippen LogP contribution in [0.1, 0.15) is 44.2 Å². The Morgan fingerprint density at radius 1 is 1.50 bits per heavy atom. The van der Waals surface area contributed by atoms with Crippen molar-refractivity contribution in [3.63, 3.8) is 0 Å². The topological polar surface area (TPSA) is 12.0 Å². The van der Waals surface area contributed by atoms with Gasteiger partial charge in [0.15, 0.2) is 0 Å². The molecule has 1 nitrogen and oxygen atoms in total. The van der Waals surface area contributed by atoms with Gasteiger partial charge in [0, 0.05) is 6.04 Å². The van der Waals surface area contributed by atoms with Gasteiger partial charge in [-0.25, -0.2) is 0 Å². The number of halogens is 1. The monoisotopic (exact) mass is 275 g/mol. The van der Waals surface area contributed by atoms with E-state index in [1.165, 1.54) is 35.0 Å². The molecule has 1 unspecified atom stereocenters. The Balaban J connectivity index is 2.45. The lowest BCUT2D eigenvalue weighted by Gasteiger charge is -2.14. The second kappa shape index (κ2) is 6.59. The van der Waals surface area contributed by atoms with Gasteiger partial charge in [-0.15, -0.1) is 11.3 Å². The minimum Gasteiger partial charge on any atom is -0.313 e. The summed E-state index contributed by atoms with van der Waals surface area (Å²) in [6, 6.07) is 2.75. The van der Waals surface area contributed by atoms with Crippen molar-refractivity contribution in [3.8, 4) is 0 Å². The van der Waals surface area contributed by atoms with E-state index >= 15 is 0 Å². The maximum Gasteiger partial charge on any atom is 0.0701 e. The van der Waals surface area contributed by atoms with Gasteiger partial charge < -0.3 is 5.32 Å². The highest BCUT2D eigenvalue weighted by Gasteiger charge is 2.09. The van der Waals surface area contributed by atoms with Crippen LogP contribution in [0, 0.1) is 0 Å². The largest absolute Gasteiger partial charge is 0.313 e. The number of unbranched alkanes of at least 4 members (excludes halogenated alkanes) is 2. The fourth-order valence-corrected chi connectivity index (χ4v) is 2.81. The zero-order chi connectivity index (χ0) is 10.4. The first-order valence-corrected chi connectivity index (χ1v) is 6.86. The molecular weight excluding hydrogens is 258 g/mol. The summed E-state index contributed by atoms with van der Waals surface area (Å²) in [7, 11) is 2.04. The smallest absolute Gasteiger partial charge is 0.0701 e. The van der Waals surface area contributed by atoms with Gasteiger partial charge in [0.1, 0.15) is 0 Å². The van der Waals surface area contributed by atoms with Crippen molar-refractivity contribution in [2.45, 2.75) is 38.6 Å². The van der Waals surface area contributed by atoms with E-state index in [0.29, 0.717) is 6.04 Å². The fraction of sp³-hybridized carbons (Fsp3) is 0.636. The lowest BCUT2D eigenvalue weighted by molar-refractivity contribution is 0.513. The van der Waals surface area contributed by atoms with E-state index in [1.807, 2.05) is 7.05 Å². The maximum atomic E-state index is 3.50. The molecule has 1 N–H and O–H groups in total. The third kappa shape index (κ3) is 3.71. The molecule has 0 saturated carbocycles. The first-order valence-electron chi connectivity index (χ1n) is 5.19. The van der Waals surface area contributed by atoms with E-state index in [4.69, 9.17) is 0 Å². The van der Waals surface area contributed by atoms with Gasteiger partial charge in [-0.3, -0.25) is 0 Å². The predicted octanol–water partition coefficient (Wildman–Crippen LogP) is 4.35. The summed E-state index contributed by atoms with van der Waals surface area (Å²) in [6.45, 7) is 2.25. The molecule has 1 atom stereocenters. The van der Waals surface area contributed by atoms with Crippen molar-refractivity contribution in [2.75, 3.05) is 7.05 Å². The van der Waals surface area contributed by atoms with Crippen LogP contribution in [0.25, 0.3) is 0 Å². The summed E-state index contributed by atoms with van der Waals surface area (Å²) in [5, 5.41) is 5.61. The molecule has 1 aromatic heterocycles. The fourth-order valence-electron chi connectivity index (χ4n) is 1.58. The summed E-state index contributed by atoms with van der Waals surface area (Å²) >= 11 is 5.27. The van der Waals surface area contributed by atoms with Crippen LogP contribution < -0.4 is 5.32 Å². The minimum atomic E-state index is 0.532. The predicted molar refractivity (Wildman–Crippen MR) is 68.0 cm³/mol. The molecule has 0 aliphatic rings. The zero-order valence-electron chi connectivity index (χ0n) is 8.85. The lowest BCUT2D eigenvalue weighted by Crippen LogP contribution is -2.15. The SMILES string of the molecule is CCCCCC(NC)c1csc(Br)c1. The quantitative estimate of drug-likeness (QED) is 0.762. The number of rotatable bonds is 6. The number of hydrogen-bond acceptors (Lipinski definition) is 2. The van der Waals surface area contributed by atoms with E-state index in [0.717, 1.165) is 0 Å². The van der Waals surface area contributed by atoms with E-state index in [2.05, 4.69) is 39.6 Å². The van der Waals surface area contributed by atoms with Crippen LogP contribution in [0.15, 0.2) is 15.2 Å². The first-order chi connectivity index (χ1) is 6.77. The Labute approximate surface area is 99.0 Å². The highest BCUT2D eigenvalue weighted by molar-refractivity contribution is 9.11. The Bertz CT molecular complexity index is 260. The van der Waals surface area contributed by atoms with Crippen molar-refractivity contribution < 1.29 is 0 Å². The van der Waals surface area contributed by atoms with Gasteiger partial charge in [0.25, 0.3) is 0 Å². The molecule has 14 heavy (non-hydrogen) atoms. The molecule has 1 heterocycles. The average Bonchev–Trinajstić information content (AvgIpc) is 2.60. The molecule has 0 saturated heterocycles. The Morgan fingerprint density at radius 2 is 2.29 bits per heavy atom. The molecule has 0 aromatic carbocycles. The van der Waals surface area contributed by atoms with Gasteiger partial charge in [0.2, 0.25) is 0 Å². The van der Waals surface area contributed by atoms with Gasteiger partial charge >= 0.3 is 0 Å². The summed E-state index contributed by atoms with van der Waals surface area (Å²) in [5.41, 5.74) is 1.42. The van der Waals surface area contributed by atoms with Crippen LogP contribution in [-0.4, -0.2) is 7.05 Å². The third-order valence-corrected chi connectivity index (χ3v) is 3.96. The average molecular weight is 276 g/mol. The lowest BCUT2D eigenvalue weighted by atomic mass is 10.0. The molecule has 0 aliphatic heterocycles. The molecular formula is C11H18BrNS. The molecule has 0 amide bonds. The molecule has 0 aliphatic carbocycles. The highest BCUT2D eigenvalue weighted by atomic mass is 79.9. The second-order valence-corrected chi connectivity index (χ2v) is 5.81. The first kappa shape index (κ1) is 12.2. The summed E-state index contributed by atoms with van der Waals surface area (Å²) < 4.78 is 1.23. The molecule has 0 fully saturated rings. The van der Waals surface area contributed by atoms with Gasteiger partial charge in [-0.1, -0.05) is 26.2 Å². The Hall–Kier alpha value is 0.140. The minimum absolute atomic E-state index is 0.532. The van der Waals surface area contributed by atoms with Gasteiger partial charge in [0.05, 0.1) is 3.79 Å². The summed E-state index contributed by atoms with van der Waals surface area (Å²) in [5.74, 6) is 0. The number of hydrogen-bond donors (Lipinski definition) is 1. The molecule has 0 spiro atoms. The van der Waals surface area contributed by atoms with Crippen molar-refractivity contribution in [1.29, 1.82) is 0 Å². The molecule has 1 aromatic rings. The zero-order valence-corrected chi connectivity index (χ0v) is 11.2. The highest BCUT2D eigenvalue weighted by Crippen LogP contribution is 2.27. The Kier molecular flexibility index (Phi) is 5.75. The molecule has 80 valence electrons. The van der Waals surface area contributed by atoms with Crippen molar-refractivity contribution in [1.82, 2.24) is 5.32 Å². The van der Waals surface area contributed by atoms with Crippen molar-refractivity contribution in [2.24, 2.45) is 0 Å². The van der Waals surface area contributed by atoms with E-state index in [1.54, 1.807) is 11.3 Å². The molecule has 3 heteroatoms. The summed E-state index contributed by atoms with van der Waals surface area (Å²) in [4.78, 5) is 0. The molecule has 0 bridgehead atoms. The number of nitrogens with one attached hydrogen (secondary N) is 1. The van der Waals surface area contributed by atoms with Crippen molar-refractivity contribution in [3.05, 3.63) is 20.8 Å². The van der Waals surface area contributed by atoms with Crippen LogP contribution in [0.4, 0.5) is 0 Å². The van der Waals surface area contributed by atoms with Gasteiger partial charge in [-0.05, 0) is 46.4 Å². The van der Waals surface area contributed by atoms with Gasteiger partial charge in [-0.2, -0.15) is 0 Å². The van der Waals surface area contributed by atoms with Crippen LogP contribution in [-0.2, 0) is 0 Å². The van der Waals surface area contributed by atoms with E-state index in [-0.39, 0.29) is 0 Å². The standard InChI is InChI=1S/C11H18BrNS/c1-3-4-5-6-10(13-2)9-7-11(12)14-8-9/h7-8,10,13H,3-6H2,1-2H3. The normalized spacial score (nSPS) is 13.1. The van der Waals surface area contributed by atoms with Crippen molar-refractivity contribution >= 4 is 27.3 Å². The summed E-state index contributed by atoms with van der Waals surface area (Å²) in [6.07, 6.45) is 5.19. The third-order valence-electron chi connectivity index (χ3n) is 2.43. The molecule has 0 radical (unpaired) electrons. The van der Waals surface area contributed by atoms with Crippen LogP contribution in [0.5, 0.6) is 0 Å². The maximum absolute atomic E-state index is 3.50. The number of thiophene rings is 1. The Morgan fingerprint density at radius 3 is 2.79 bits per heavy atom. The van der Waals surface area contributed by atoms with Crippen LogP contribution in [0.3, 0.4) is 0 Å². The van der Waals surface area contributed by atoms with Crippen LogP contribution >= 0.6 is 27.3 Å². The second-order valence-electron chi connectivity index (χ2n) is 3.52. The molecule has 1 rings (SSSR count). The van der Waals surface area contributed by atoms with E-state index in [9.17, 15) is 0 Å². The van der Waals surface area contributed by atoms with Crippen LogP contribution in [0.2, 0.25) is 0 Å². The van der Waals surface area contributed by atoms with E-state index < -0.39 is 0 Å².